The van der Waals surface area contributed by atoms with Crippen LogP contribution in [-0.4, -0.2) is 36.1 Å². The Labute approximate surface area is 122 Å². The molecule has 20 heavy (non-hydrogen) atoms. The molecular weight excluding hydrogens is 256 g/mol. The Kier molecular flexibility index (Phi) is 7.20. The van der Waals surface area contributed by atoms with Crippen LogP contribution in [-0.2, 0) is 9.59 Å². The first kappa shape index (κ1) is 18.9. The number of carbonyl (C=O) groups is 2. The van der Waals surface area contributed by atoms with E-state index in [0.717, 1.165) is 0 Å². The highest BCUT2D eigenvalue weighted by Crippen LogP contribution is 2.21. The summed E-state index contributed by atoms with van der Waals surface area (Å²) < 4.78 is 0. The van der Waals surface area contributed by atoms with Gasteiger partial charge in [0.2, 0.25) is 11.8 Å². The molecule has 0 rings (SSSR count). The monoisotopic (exact) mass is 286 g/mol. The number of aliphatic hydroxyl groups excluding tert-OH is 1. The van der Waals surface area contributed by atoms with E-state index >= 15 is 0 Å². The normalized spacial score (nSPS) is 13.8. The third kappa shape index (κ3) is 10.8. The quantitative estimate of drug-likeness (QED) is 0.663. The van der Waals surface area contributed by atoms with Gasteiger partial charge >= 0.3 is 0 Å². The van der Waals surface area contributed by atoms with Crippen molar-refractivity contribution in [1.82, 2.24) is 10.6 Å². The lowest BCUT2D eigenvalue weighted by Crippen LogP contribution is -2.42. The molecule has 0 aliphatic heterocycles. The minimum absolute atomic E-state index is 0.000325. The molecule has 2 amide bonds. The molecule has 0 heterocycles. The Bertz CT molecular complexity index is 331. The lowest BCUT2D eigenvalue weighted by Gasteiger charge is -2.26. The molecule has 118 valence electrons. The standard InChI is InChI=1S/C15H30N2O3/c1-11(18)7-15(5,6)10-17-13(20)9-16-12(19)8-14(2,3)4/h11,18H,7-10H2,1-6H3,(H,16,19)(H,17,20). The molecule has 0 bridgehead atoms. The molecule has 0 aliphatic carbocycles. The Hall–Kier alpha value is -1.10. The van der Waals surface area contributed by atoms with Crippen molar-refractivity contribution in [1.29, 1.82) is 0 Å². The number of hydrogen-bond donors (Lipinski definition) is 3. The lowest BCUT2D eigenvalue weighted by atomic mass is 9.87. The third-order valence-corrected chi connectivity index (χ3v) is 2.75. The van der Waals surface area contributed by atoms with Crippen molar-refractivity contribution < 1.29 is 14.7 Å². The fraction of sp³-hybridized carbons (Fsp3) is 0.867. The summed E-state index contributed by atoms with van der Waals surface area (Å²) in [5.74, 6) is -0.318. The summed E-state index contributed by atoms with van der Waals surface area (Å²) in [5, 5.41) is 14.8. The average molecular weight is 286 g/mol. The summed E-state index contributed by atoms with van der Waals surface area (Å²) in [6.07, 6.45) is 0.616. The fourth-order valence-electron chi connectivity index (χ4n) is 2.00. The summed E-state index contributed by atoms with van der Waals surface area (Å²) in [4.78, 5) is 23.2. The predicted molar refractivity (Wildman–Crippen MR) is 80.2 cm³/mol. The Balaban J connectivity index is 3.98. The number of amides is 2. The number of carbonyl (C=O) groups excluding carboxylic acids is 2. The van der Waals surface area contributed by atoms with E-state index in [9.17, 15) is 14.7 Å². The molecule has 1 unspecified atom stereocenters. The lowest BCUT2D eigenvalue weighted by molar-refractivity contribution is -0.127. The molecule has 0 saturated carbocycles. The summed E-state index contributed by atoms with van der Waals surface area (Å²) in [6.45, 7) is 12.1. The van der Waals surface area contributed by atoms with Crippen molar-refractivity contribution in [3.05, 3.63) is 0 Å². The molecule has 0 spiro atoms. The molecule has 0 aromatic heterocycles. The van der Waals surface area contributed by atoms with E-state index in [0.29, 0.717) is 19.4 Å². The SMILES string of the molecule is CC(O)CC(C)(C)CNC(=O)CNC(=O)CC(C)(C)C. The molecule has 0 fully saturated rings. The van der Waals surface area contributed by atoms with Crippen LogP contribution >= 0.6 is 0 Å². The number of nitrogens with one attached hydrogen (secondary N) is 2. The van der Waals surface area contributed by atoms with Gasteiger partial charge in [0.25, 0.3) is 0 Å². The summed E-state index contributed by atoms with van der Waals surface area (Å²) in [6, 6.07) is 0. The molecule has 5 heteroatoms. The van der Waals surface area contributed by atoms with Gasteiger partial charge in [-0.15, -0.1) is 0 Å². The van der Waals surface area contributed by atoms with Crippen LogP contribution in [0.5, 0.6) is 0 Å². The number of aliphatic hydroxyl groups is 1. The van der Waals surface area contributed by atoms with E-state index in [1.54, 1.807) is 6.92 Å². The van der Waals surface area contributed by atoms with Crippen LogP contribution in [0.15, 0.2) is 0 Å². The van der Waals surface area contributed by atoms with Gasteiger partial charge in [0.15, 0.2) is 0 Å². The van der Waals surface area contributed by atoms with Crippen LogP contribution in [0.3, 0.4) is 0 Å². The first-order chi connectivity index (χ1) is 8.91. The third-order valence-electron chi connectivity index (χ3n) is 2.75. The maximum atomic E-state index is 11.7. The zero-order chi connectivity index (χ0) is 16.0. The summed E-state index contributed by atoms with van der Waals surface area (Å²) >= 11 is 0. The van der Waals surface area contributed by atoms with Crippen LogP contribution in [0.25, 0.3) is 0 Å². The smallest absolute Gasteiger partial charge is 0.239 e. The average Bonchev–Trinajstić information content (AvgIpc) is 2.19. The minimum atomic E-state index is -0.395. The zero-order valence-electron chi connectivity index (χ0n) is 13.7. The van der Waals surface area contributed by atoms with Gasteiger partial charge < -0.3 is 15.7 Å². The van der Waals surface area contributed by atoms with Gasteiger partial charge in [-0.25, -0.2) is 0 Å². The van der Waals surface area contributed by atoms with E-state index in [1.165, 1.54) is 0 Å². The summed E-state index contributed by atoms with van der Waals surface area (Å²) in [5.41, 5.74) is -0.251. The molecule has 0 aromatic rings. The van der Waals surface area contributed by atoms with Crippen molar-refractivity contribution in [2.75, 3.05) is 13.1 Å². The highest BCUT2D eigenvalue weighted by Gasteiger charge is 2.21. The second kappa shape index (κ2) is 7.62. The van der Waals surface area contributed by atoms with Gasteiger partial charge in [-0.05, 0) is 24.2 Å². The largest absolute Gasteiger partial charge is 0.393 e. The van der Waals surface area contributed by atoms with E-state index in [1.807, 2.05) is 34.6 Å². The first-order valence-corrected chi connectivity index (χ1v) is 7.13. The Morgan fingerprint density at radius 1 is 1.05 bits per heavy atom. The van der Waals surface area contributed by atoms with Crippen LogP contribution in [0, 0.1) is 10.8 Å². The second-order valence-electron chi connectivity index (χ2n) is 7.51. The molecule has 5 nitrogen and oxygen atoms in total. The molecule has 0 aromatic carbocycles. The summed E-state index contributed by atoms with van der Waals surface area (Å²) in [7, 11) is 0. The number of hydrogen-bond acceptors (Lipinski definition) is 3. The Morgan fingerprint density at radius 2 is 1.60 bits per heavy atom. The van der Waals surface area contributed by atoms with Crippen LogP contribution in [0.1, 0.15) is 54.4 Å². The van der Waals surface area contributed by atoms with Crippen molar-refractivity contribution in [2.45, 2.75) is 60.5 Å². The van der Waals surface area contributed by atoms with Crippen molar-refractivity contribution >= 4 is 11.8 Å². The van der Waals surface area contributed by atoms with Gasteiger partial charge in [-0.2, -0.15) is 0 Å². The van der Waals surface area contributed by atoms with E-state index < -0.39 is 6.10 Å². The van der Waals surface area contributed by atoms with Crippen molar-refractivity contribution in [3.8, 4) is 0 Å². The van der Waals surface area contributed by atoms with E-state index in [4.69, 9.17) is 0 Å². The van der Waals surface area contributed by atoms with Gasteiger partial charge in [0, 0.05) is 13.0 Å². The fourth-order valence-corrected chi connectivity index (χ4v) is 2.00. The topological polar surface area (TPSA) is 78.4 Å². The van der Waals surface area contributed by atoms with Crippen molar-refractivity contribution in [3.63, 3.8) is 0 Å². The molecule has 0 aliphatic rings. The highest BCUT2D eigenvalue weighted by molar-refractivity contribution is 5.84. The Morgan fingerprint density at radius 3 is 2.05 bits per heavy atom. The first-order valence-electron chi connectivity index (χ1n) is 7.13. The van der Waals surface area contributed by atoms with Crippen LogP contribution < -0.4 is 10.6 Å². The molecule has 3 N–H and O–H groups in total. The van der Waals surface area contributed by atoms with Crippen LogP contribution in [0.4, 0.5) is 0 Å². The number of rotatable bonds is 7. The van der Waals surface area contributed by atoms with Gasteiger partial charge in [-0.3, -0.25) is 9.59 Å². The van der Waals surface area contributed by atoms with Crippen LogP contribution in [0.2, 0.25) is 0 Å². The van der Waals surface area contributed by atoms with Gasteiger partial charge in [0.05, 0.1) is 12.6 Å². The minimum Gasteiger partial charge on any atom is -0.393 e. The molecule has 1 atom stereocenters. The van der Waals surface area contributed by atoms with E-state index in [-0.39, 0.29) is 29.2 Å². The highest BCUT2D eigenvalue weighted by atomic mass is 16.3. The molecule has 0 saturated heterocycles. The molecular formula is C15H30N2O3. The molecule has 0 radical (unpaired) electrons. The maximum Gasteiger partial charge on any atom is 0.239 e. The van der Waals surface area contributed by atoms with Gasteiger partial charge in [-0.1, -0.05) is 34.6 Å². The second-order valence-corrected chi connectivity index (χ2v) is 7.51. The van der Waals surface area contributed by atoms with E-state index in [2.05, 4.69) is 10.6 Å². The zero-order valence-corrected chi connectivity index (χ0v) is 13.7. The predicted octanol–water partition coefficient (Wildman–Crippen LogP) is 1.45. The van der Waals surface area contributed by atoms with Gasteiger partial charge in [0.1, 0.15) is 0 Å². The maximum absolute atomic E-state index is 11.7. The van der Waals surface area contributed by atoms with Crippen molar-refractivity contribution in [2.24, 2.45) is 10.8 Å².